The van der Waals surface area contributed by atoms with Crippen molar-refractivity contribution < 1.29 is 18.3 Å². The molecule has 0 unspecified atom stereocenters. The molecule has 1 aliphatic rings. The Hall–Kier alpha value is -2.20. The number of methoxy groups -OCH3 is 1. The minimum atomic E-state index is -0.952. The van der Waals surface area contributed by atoms with Gasteiger partial charge in [-0.1, -0.05) is 30.3 Å². The third-order valence-electron chi connectivity index (χ3n) is 5.08. The first-order chi connectivity index (χ1) is 12.6. The van der Waals surface area contributed by atoms with E-state index in [1.165, 1.54) is 18.7 Å². The summed E-state index contributed by atoms with van der Waals surface area (Å²) in [6, 6.07) is 10.8. The van der Waals surface area contributed by atoms with E-state index in [2.05, 4.69) is 6.58 Å². The van der Waals surface area contributed by atoms with Gasteiger partial charge in [-0.05, 0) is 54.9 Å². The number of hydrogen-bond donors (Lipinski definition) is 0. The van der Waals surface area contributed by atoms with Crippen molar-refractivity contribution in [1.29, 1.82) is 0 Å². The van der Waals surface area contributed by atoms with Crippen LogP contribution in [0.3, 0.4) is 0 Å². The Labute approximate surface area is 153 Å². The van der Waals surface area contributed by atoms with Gasteiger partial charge in [0.15, 0.2) is 11.6 Å². The van der Waals surface area contributed by atoms with Crippen LogP contribution in [0.15, 0.2) is 49.1 Å². The third kappa shape index (κ3) is 3.96. The largest absolute Gasteiger partial charge is 0.494 e. The minimum absolute atomic E-state index is 0.0849. The molecule has 1 saturated carbocycles. The van der Waals surface area contributed by atoms with E-state index in [1.54, 1.807) is 12.1 Å². The lowest BCUT2D eigenvalue weighted by molar-refractivity contribution is 0.0424. The Morgan fingerprint density at radius 1 is 1.00 bits per heavy atom. The van der Waals surface area contributed by atoms with Gasteiger partial charge in [0.2, 0.25) is 5.82 Å². The van der Waals surface area contributed by atoms with E-state index >= 15 is 0 Å². The Bertz CT molecular complexity index is 747. The fourth-order valence-corrected chi connectivity index (χ4v) is 3.61. The Balaban J connectivity index is 1.70. The fourth-order valence-electron chi connectivity index (χ4n) is 3.61. The van der Waals surface area contributed by atoms with Crippen LogP contribution in [-0.2, 0) is 4.74 Å². The summed E-state index contributed by atoms with van der Waals surface area (Å²) in [7, 11) is 1.32. The van der Waals surface area contributed by atoms with Crippen molar-refractivity contribution in [3.63, 3.8) is 0 Å². The Kier molecular flexibility index (Phi) is 6.04. The zero-order valence-electron chi connectivity index (χ0n) is 15.0. The van der Waals surface area contributed by atoms with E-state index < -0.39 is 11.6 Å². The molecule has 4 heteroatoms. The van der Waals surface area contributed by atoms with Gasteiger partial charge in [-0.3, -0.25) is 0 Å². The monoisotopic (exact) mass is 358 g/mol. The molecule has 138 valence electrons. The van der Waals surface area contributed by atoms with Crippen molar-refractivity contribution in [2.75, 3.05) is 13.7 Å². The zero-order valence-corrected chi connectivity index (χ0v) is 15.0. The van der Waals surface area contributed by atoms with Gasteiger partial charge in [-0.15, -0.1) is 6.58 Å². The number of rotatable bonds is 6. The van der Waals surface area contributed by atoms with Crippen LogP contribution in [0.25, 0.3) is 11.1 Å². The second-order valence-corrected chi connectivity index (χ2v) is 6.66. The van der Waals surface area contributed by atoms with Crippen LogP contribution in [-0.4, -0.2) is 19.8 Å². The predicted octanol–water partition coefficient (Wildman–Crippen LogP) is 5.87. The molecular weight excluding hydrogens is 334 g/mol. The molecule has 0 radical (unpaired) electrons. The summed E-state index contributed by atoms with van der Waals surface area (Å²) in [4.78, 5) is 0. The van der Waals surface area contributed by atoms with Crippen molar-refractivity contribution in [2.24, 2.45) is 0 Å². The molecule has 2 nitrogen and oxygen atoms in total. The number of ether oxygens (including phenoxy) is 2. The van der Waals surface area contributed by atoms with E-state index in [1.807, 2.05) is 24.3 Å². The smallest absolute Gasteiger partial charge is 0.201 e. The molecule has 0 saturated heterocycles. The molecule has 0 amide bonds. The summed E-state index contributed by atoms with van der Waals surface area (Å²) in [5.41, 5.74) is 2.15. The van der Waals surface area contributed by atoms with Crippen LogP contribution >= 0.6 is 0 Å². The highest BCUT2D eigenvalue weighted by molar-refractivity contribution is 5.65. The zero-order chi connectivity index (χ0) is 18.5. The van der Waals surface area contributed by atoms with Crippen LogP contribution in [0, 0.1) is 11.6 Å². The van der Waals surface area contributed by atoms with Crippen molar-refractivity contribution >= 4 is 0 Å². The summed E-state index contributed by atoms with van der Waals surface area (Å²) in [5, 5.41) is 0. The minimum Gasteiger partial charge on any atom is -0.494 e. The van der Waals surface area contributed by atoms with Gasteiger partial charge in [0.25, 0.3) is 0 Å². The Morgan fingerprint density at radius 2 is 1.69 bits per heavy atom. The average Bonchev–Trinajstić information content (AvgIpc) is 2.69. The van der Waals surface area contributed by atoms with E-state index in [0.717, 1.165) is 25.7 Å². The van der Waals surface area contributed by atoms with Gasteiger partial charge in [0.05, 0.1) is 19.8 Å². The second kappa shape index (κ2) is 8.45. The van der Waals surface area contributed by atoms with E-state index in [4.69, 9.17) is 9.47 Å². The van der Waals surface area contributed by atoms with Gasteiger partial charge in [0, 0.05) is 5.56 Å². The van der Waals surface area contributed by atoms with Crippen LogP contribution in [0.4, 0.5) is 8.78 Å². The highest BCUT2D eigenvalue weighted by Gasteiger charge is 2.23. The lowest BCUT2D eigenvalue weighted by Gasteiger charge is -2.28. The molecule has 1 aliphatic carbocycles. The summed E-state index contributed by atoms with van der Waals surface area (Å²) in [5.74, 6) is -1.42. The molecule has 0 N–H and O–H groups in total. The van der Waals surface area contributed by atoms with Crippen molar-refractivity contribution in [1.82, 2.24) is 0 Å². The molecule has 0 spiro atoms. The third-order valence-corrected chi connectivity index (χ3v) is 5.08. The predicted molar refractivity (Wildman–Crippen MR) is 99.5 cm³/mol. The fraction of sp³-hybridized carbons (Fsp3) is 0.364. The maximum absolute atomic E-state index is 14.3. The average molecular weight is 358 g/mol. The standard InChI is InChI=1S/C22H24F2O2/c1-3-14-26-18-10-8-16(9-11-18)15-4-6-17(7-5-15)19-12-13-20(25-2)22(24)21(19)23/h3-7,12-13,16,18H,1,8-11,14H2,2H3. The first-order valence-corrected chi connectivity index (χ1v) is 8.98. The summed E-state index contributed by atoms with van der Waals surface area (Å²) in [6.45, 7) is 4.29. The molecule has 2 aromatic carbocycles. The Morgan fingerprint density at radius 3 is 2.31 bits per heavy atom. The van der Waals surface area contributed by atoms with Gasteiger partial charge in [0.1, 0.15) is 0 Å². The van der Waals surface area contributed by atoms with Crippen molar-refractivity contribution in [3.8, 4) is 16.9 Å². The van der Waals surface area contributed by atoms with Crippen LogP contribution in [0.5, 0.6) is 5.75 Å². The van der Waals surface area contributed by atoms with Crippen LogP contribution in [0.1, 0.15) is 37.2 Å². The SMILES string of the molecule is C=CCOC1CCC(c2ccc(-c3ccc(OC)c(F)c3F)cc2)CC1. The van der Waals surface area contributed by atoms with Gasteiger partial charge in [-0.25, -0.2) is 4.39 Å². The van der Waals surface area contributed by atoms with Gasteiger partial charge >= 0.3 is 0 Å². The first kappa shape index (κ1) is 18.6. The van der Waals surface area contributed by atoms with Crippen molar-refractivity contribution in [2.45, 2.75) is 37.7 Å². The number of hydrogen-bond acceptors (Lipinski definition) is 2. The molecule has 0 atom stereocenters. The molecule has 0 heterocycles. The van der Waals surface area contributed by atoms with Crippen LogP contribution in [0.2, 0.25) is 0 Å². The summed E-state index contributed by atoms with van der Waals surface area (Å²) < 4.78 is 38.7. The molecule has 26 heavy (non-hydrogen) atoms. The molecule has 3 rings (SSSR count). The highest BCUT2D eigenvalue weighted by Crippen LogP contribution is 2.36. The topological polar surface area (TPSA) is 18.5 Å². The van der Waals surface area contributed by atoms with Crippen LogP contribution < -0.4 is 4.74 Å². The second-order valence-electron chi connectivity index (χ2n) is 6.66. The number of halogens is 2. The molecular formula is C22H24F2O2. The lowest BCUT2D eigenvalue weighted by atomic mass is 9.82. The normalized spacial score (nSPS) is 20.0. The van der Waals surface area contributed by atoms with E-state index in [9.17, 15) is 8.78 Å². The summed E-state index contributed by atoms with van der Waals surface area (Å²) >= 11 is 0. The summed E-state index contributed by atoms with van der Waals surface area (Å²) in [6.07, 6.45) is 6.34. The maximum Gasteiger partial charge on any atom is 0.201 e. The quantitative estimate of drug-likeness (QED) is 0.601. The molecule has 2 aromatic rings. The molecule has 0 aliphatic heterocycles. The van der Waals surface area contributed by atoms with E-state index in [-0.39, 0.29) is 11.3 Å². The maximum atomic E-state index is 14.3. The van der Waals surface area contributed by atoms with E-state index in [0.29, 0.717) is 24.2 Å². The van der Waals surface area contributed by atoms with Gasteiger partial charge in [-0.2, -0.15) is 4.39 Å². The molecule has 1 fully saturated rings. The molecule has 0 bridgehead atoms. The highest BCUT2D eigenvalue weighted by atomic mass is 19.2. The molecule has 0 aromatic heterocycles. The van der Waals surface area contributed by atoms with Crippen molar-refractivity contribution in [3.05, 3.63) is 66.3 Å². The lowest BCUT2D eigenvalue weighted by Crippen LogP contribution is -2.20. The first-order valence-electron chi connectivity index (χ1n) is 8.98. The van der Waals surface area contributed by atoms with Gasteiger partial charge < -0.3 is 9.47 Å². The number of benzene rings is 2.